The van der Waals surface area contributed by atoms with Crippen molar-refractivity contribution in [2.45, 2.75) is 32.1 Å². The van der Waals surface area contributed by atoms with E-state index in [1.165, 1.54) is 6.07 Å². The fourth-order valence-electron chi connectivity index (χ4n) is 2.60. The molecule has 1 heterocycles. The highest BCUT2D eigenvalue weighted by atomic mass is 35.5. The summed E-state index contributed by atoms with van der Waals surface area (Å²) in [7, 11) is 0. The molecule has 0 saturated heterocycles. The first kappa shape index (κ1) is 13.3. The summed E-state index contributed by atoms with van der Waals surface area (Å²) < 4.78 is 14.1. The van der Waals surface area contributed by atoms with E-state index in [2.05, 4.69) is 9.97 Å². The molecular formula is C15H15ClFN3. The number of benzene rings is 1. The zero-order chi connectivity index (χ0) is 14.1. The summed E-state index contributed by atoms with van der Waals surface area (Å²) in [4.78, 5) is 8.78. The second-order valence-corrected chi connectivity index (χ2v) is 5.43. The smallest absolute Gasteiger partial charge is 0.164 e. The SMILES string of the molecule is Nc1nc(-c2cccc(Cl)c2F)nc2c1CCCCC2. The molecule has 0 saturated carbocycles. The lowest BCUT2D eigenvalue weighted by Gasteiger charge is -2.11. The molecule has 0 amide bonds. The van der Waals surface area contributed by atoms with Gasteiger partial charge in [-0.25, -0.2) is 14.4 Å². The third-order valence-corrected chi connectivity index (χ3v) is 3.95. The van der Waals surface area contributed by atoms with Crippen LogP contribution < -0.4 is 5.73 Å². The minimum absolute atomic E-state index is 0.0691. The Kier molecular flexibility index (Phi) is 3.57. The van der Waals surface area contributed by atoms with Crippen LogP contribution in [0.1, 0.15) is 30.5 Å². The third-order valence-electron chi connectivity index (χ3n) is 3.66. The van der Waals surface area contributed by atoms with E-state index in [0.29, 0.717) is 17.2 Å². The number of hydrogen-bond acceptors (Lipinski definition) is 3. The fourth-order valence-corrected chi connectivity index (χ4v) is 2.77. The number of rotatable bonds is 1. The zero-order valence-electron chi connectivity index (χ0n) is 11.0. The van der Waals surface area contributed by atoms with E-state index in [-0.39, 0.29) is 5.02 Å². The van der Waals surface area contributed by atoms with Gasteiger partial charge in [0.15, 0.2) is 11.6 Å². The van der Waals surface area contributed by atoms with Crippen molar-refractivity contribution >= 4 is 17.4 Å². The Labute approximate surface area is 122 Å². The molecule has 3 nitrogen and oxygen atoms in total. The van der Waals surface area contributed by atoms with Gasteiger partial charge in [0.25, 0.3) is 0 Å². The van der Waals surface area contributed by atoms with Crippen LogP contribution in [0.25, 0.3) is 11.4 Å². The average Bonchev–Trinajstić information content (AvgIpc) is 2.67. The maximum absolute atomic E-state index is 14.1. The van der Waals surface area contributed by atoms with Gasteiger partial charge in [0.05, 0.1) is 10.6 Å². The summed E-state index contributed by atoms with van der Waals surface area (Å²) in [6, 6.07) is 4.82. The lowest BCUT2D eigenvalue weighted by molar-refractivity contribution is 0.630. The van der Waals surface area contributed by atoms with Gasteiger partial charge in [-0.1, -0.05) is 24.1 Å². The van der Waals surface area contributed by atoms with Crippen LogP contribution in [0.4, 0.5) is 10.2 Å². The Morgan fingerprint density at radius 3 is 2.75 bits per heavy atom. The molecule has 0 bridgehead atoms. The van der Waals surface area contributed by atoms with Gasteiger partial charge in [0, 0.05) is 11.3 Å². The van der Waals surface area contributed by atoms with Gasteiger partial charge in [-0.3, -0.25) is 0 Å². The Morgan fingerprint density at radius 1 is 1.10 bits per heavy atom. The Morgan fingerprint density at radius 2 is 1.90 bits per heavy atom. The van der Waals surface area contributed by atoms with Crippen molar-refractivity contribution in [3.63, 3.8) is 0 Å². The molecule has 2 aromatic rings. The van der Waals surface area contributed by atoms with Crippen molar-refractivity contribution in [1.29, 1.82) is 0 Å². The first-order chi connectivity index (χ1) is 9.66. The van der Waals surface area contributed by atoms with E-state index >= 15 is 0 Å². The quantitative estimate of drug-likeness (QED) is 0.813. The zero-order valence-corrected chi connectivity index (χ0v) is 11.8. The average molecular weight is 292 g/mol. The lowest BCUT2D eigenvalue weighted by Crippen LogP contribution is -2.07. The third kappa shape index (κ3) is 2.36. The highest BCUT2D eigenvalue weighted by molar-refractivity contribution is 6.31. The number of anilines is 1. The fraction of sp³-hybridized carbons (Fsp3) is 0.333. The lowest BCUT2D eigenvalue weighted by atomic mass is 10.1. The Hall–Kier alpha value is -1.68. The van der Waals surface area contributed by atoms with E-state index in [9.17, 15) is 4.39 Å². The Balaban J connectivity index is 2.13. The highest BCUT2D eigenvalue weighted by Crippen LogP contribution is 2.29. The number of nitrogens with zero attached hydrogens (tertiary/aromatic N) is 2. The van der Waals surface area contributed by atoms with E-state index < -0.39 is 5.82 Å². The Bertz CT molecular complexity index is 658. The van der Waals surface area contributed by atoms with Crippen LogP contribution in [-0.4, -0.2) is 9.97 Å². The molecule has 0 radical (unpaired) electrons. The van der Waals surface area contributed by atoms with Crippen LogP contribution in [0.5, 0.6) is 0 Å². The molecular weight excluding hydrogens is 277 g/mol. The summed E-state index contributed by atoms with van der Waals surface area (Å²) in [5, 5.41) is 0.0691. The standard InChI is InChI=1S/C15H15ClFN3/c16-11-7-4-6-10(13(11)17)15-19-12-8-3-1-2-5-9(12)14(18)20-15/h4,6-7H,1-3,5,8H2,(H2,18,19,20). The number of aromatic nitrogens is 2. The summed E-state index contributed by atoms with van der Waals surface area (Å²) in [6.45, 7) is 0. The summed E-state index contributed by atoms with van der Waals surface area (Å²) in [6.07, 6.45) is 5.12. The first-order valence-corrected chi connectivity index (χ1v) is 7.14. The number of halogens is 2. The monoisotopic (exact) mass is 291 g/mol. The summed E-state index contributed by atoms with van der Waals surface area (Å²) in [5.74, 6) is 0.288. The normalized spacial score (nSPS) is 14.7. The van der Waals surface area contributed by atoms with Gasteiger partial charge in [-0.05, 0) is 37.8 Å². The van der Waals surface area contributed by atoms with E-state index in [4.69, 9.17) is 17.3 Å². The molecule has 1 aromatic carbocycles. The predicted octanol–water partition coefficient (Wildman–Crippen LogP) is 3.79. The molecule has 20 heavy (non-hydrogen) atoms. The van der Waals surface area contributed by atoms with Crippen LogP contribution in [-0.2, 0) is 12.8 Å². The van der Waals surface area contributed by atoms with Gasteiger partial charge >= 0.3 is 0 Å². The van der Waals surface area contributed by atoms with Crippen LogP contribution in [0.3, 0.4) is 0 Å². The van der Waals surface area contributed by atoms with Crippen molar-refractivity contribution in [2.24, 2.45) is 0 Å². The molecule has 0 spiro atoms. The number of aryl methyl sites for hydroxylation is 1. The van der Waals surface area contributed by atoms with E-state index in [1.807, 2.05) is 0 Å². The number of nitrogens with two attached hydrogens (primary N) is 1. The molecule has 1 aliphatic carbocycles. The molecule has 0 atom stereocenters. The van der Waals surface area contributed by atoms with Crippen LogP contribution in [0, 0.1) is 5.82 Å². The van der Waals surface area contributed by atoms with Crippen molar-refractivity contribution in [3.05, 3.63) is 40.3 Å². The number of hydrogen-bond donors (Lipinski definition) is 1. The maximum atomic E-state index is 14.1. The van der Waals surface area contributed by atoms with Crippen molar-refractivity contribution in [1.82, 2.24) is 9.97 Å². The van der Waals surface area contributed by atoms with Gasteiger partial charge < -0.3 is 5.73 Å². The van der Waals surface area contributed by atoms with Crippen molar-refractivity contribution in [3.8, 4) is 11.4 Å². The topological polar surface area (TPSA) is 51.8 Å². The maximum Gasteiger partial charge on any atom is 0.164 e. The molecule has 1 aliphatic rings. The molecule has 3 rings (SSSR count). The minimum Gasteiger partial charge on any atom is -0.383 e. The molecule has 2 N–H and O–H groups in total. The predicted molar refractivity (Wildman–Crippen MR) is 78.1 cm³/mol. The molecule has 0 fully saturated rings. The second-order valence-electron chi connectivity index (χ2n) is 5.02. The summed E-state index contributed by atoms with van der Waals surface area (Å²) in [5.41, 5.74) is 8.30. The largest absolute Gasteiger partial charge is 0.383 e. The second kappa shape index (κ2) is 5.37. The van der Waals surface area contributed by atoms with Crippen molar-refractivity contribution < 1.29 is 4.39 Å². The van der Waals surface area contributed by atoms with Gasteiger partial charge in [0.1, 0.15) is 5.82 Å². The van der Waals surface area contributed by atoms with Crippen LogP contribution >= 0.6 is 11.6 Å². The first-order valence-electron chi connectivity index (χ1n) is 6.76. The van der Waals surface area contributed by atoms with E-state index in [1.54, 1.807) is 12.1 Å². The molecule has 104 valence electrons. The van der Waals surface area contributed by atoms with Crippen LogP contribution in [0.15, 0.2) is 18.2 Å². The molecule has 0 unspecified atom stereocenters. The molecule has 1 aromatic heterocycles. The van der Waals surface area contributed by atoms with Gasteiger partial charge in [-0.2, -0.15) is 0 Å². The number of nitrogen functional groups attached to an aromatic ring is 1. The number of fused-ring (bicyclic) bond motifs is 1. The molecule has 5 heteroatoms. The minimum atomic E-state index is -0.498. The molecule has 0 aliphatic heterocycles. The summed E-state index contributed by atoms with van der Waals surface area (Å²) >= 11 is 5.81. The van der Waals surface area contributed by atoms with Crippen LogP contribution in [0.2, 0.25) is 5.02 Å². The van der Waals surface area contributed by atoms with Gasteiger partial charge in [-0.15, -0.1) is 0 Å². The highest BCUT2D eigenvalue weighted by Gasteiger charge is 2.18. The van der Waals surface area contributed by atoms with Gasteiger partial charge in [0.2, 0.25) is 0 Å². The van der Waals surface area contributed by atoms with E-state index in [0.717, 1.165) is 43.4 Å². The van der Waals surface area contributed by atoms with Crippen molar-refractivity contribution in [2.75, 3.05) is 5.73 Å².